The highest BCUT2D eigenvalue weighted by molar-refractivity contribution is 6.30. The summed E-state index contributed by atoms with van der Waals surface area (Å²) >= 11 is 5.95. The number of benzene rings is 1. The molecule has 8 heteroatoms. The average molecular weight is 456 g/mol. The van der Waals surface area contributed by atoms with Crippen molar-refractivity contribution in [2.45, 2.75) is 63.8 Å². The average Bonchev–Trinajstić information content (AvgIpc) is 2.69. The predicted octanol–water partition coefficient (Wildman–Crippen LogP) is 4.51. The number of rotatable bonds is 8. The van der Waals surface area contributed by atoms with Gasteiger partial charge in [-0.05, 0) is 49.3 Å². The first-order valence-corrected chi connectivity index (χ1v) is 11.2. The Hall–Kier alpha value is -2.02. The highest BCUT2D eigenvalue weighted by Crippen LogP contribution is 2.41. The van der Waals surface area contributed by atoms with Gasteiger partial charge in [0.25, 0.3) is 5.92 Å². The zero-order valence-corrected chi connectivity index (χ0v) is 18.2. The number of nitrogens with one attached hydrogen (secondary N) is 1. The van der Waals surface area contributed by atoms with E-state index in [0.717, 1.165) is 31.7 Å². The predicted molar refractivity (Wildman–Crippen MR) is 112 cm³/mol. The number of halogens is 3. The van der Waals surface area contributed by atoms with E-state index in [4.69, 9.17) is 11.6 Å². The second kappa shape index (κ2) is 9.63. The third kappa shape index (κ3) is 5.43. The molecule has 0 heterocycles. The number of aryl methyl sites for hydroxylation is 1. The van der Waals surface area contributed by atoms with Crippen molar-refractivity contribution in [3.05, 3.63) is 34.9 Å². The summed E-state index contributed by atoms with van der Waals surface area (Å²) in [6.07, 6.45) is 4.47. The third-order valence-electron chi connectivity index (χ3n) is 6.63. The van der Waals surface area contributed by atoms with Gasteiger partial charge in [-0.3, -0.25) is 14.4 Å². The summed E-state index contributed by atoms with van der Waals surface area (Å²) in [5.41, 5.74) is 0.861. The van der Waals surface area contributed by atoms with Gasteiger partial charge >= 0.3 is 5.97 Å². The molecule has 0 aliphatic heterocycles. The molecule has 1 unspecified atom stereocenters. The molecule has 1 amide bonds. The quantitative estimate of drug-likeness (QED) is 0.565. The number of amides is 1. The first kappa shape index (κ1) is 23.6. The SMILES string of the molecule is CC(F)(F)[C@@H](NC(=O)C1C(=O)[C@H](CCc2cccc(Cl)c2)[C@H]1C(=O)O)C1CCCCC1. The van der Waals surface area contributed by atoms with Gasteiger partial charge in [-0.1, -0.05) is 43.0 Å². The van der Waals surface area contributed by atoms with Crippen LogP contribution in [0, 0.1) is 23.7 Å². The van der Waals surface area contributed by atoms with Crippen LogP contribution in [0.5, 0.6) is 0 Å². The summed E-state index contributed by atoms with van der Waals surface area (Å²) in [5, 5.41) is 12.5. The molecule has 3 rings (SSSR count). The van der Waals surface area contributed by atoms with E-state index >= 15 is 0 Å². The Morgan fingerprint density at radius 1 is 1.26 bits per heavy atom. The number of carbonyl (C=O) groups excluding carboxylic acids is 2. The van der Waals surface area contributed by atoms with Crippen LogP contribution >= 0.6 is 11.6 Å². The van der Waals surface area contributed by atoms with Gasteiger partial charge in [0.15, 0.2) is 0 Å². The Kier molecular flexibility index (Phi) is 7.35. The lowest BCUT2D eigenvalue weighted by Crippen LogP contribution is -2.61. The van der Waals surface area contributed by atoms with Crippen molar-refractivity contribution >= 4 is 29.3 Å². The normalized spacial score (nSPS) is 25.5. The van der Waals surface area contributed by atoms with Crippen LogP contribution in [-0.4, -0.2) is 34.7 Å². The molecule has 2 N–H and O–H groups in total. The van der Waals surface area contributed by atoms with Crippen molar-refractivity contribution < 1.29 is 28.3 Å². The number of alkyl halides is 2. The lowest BCUT2D eigenvalue weighted by molar-refractivity contribution is -0.168. The largest absolute Gasteiger partial charge is 0.481 e. The van der Waals surface area contributed by atoms with Crippen molar-refractivity contribution in [2.75, 3.05) is 0 Å². The first-order valence-electron chi connectivity index (χ1n) is 10.8. The molecule has 5 nitrogen and oxygen atoms in total. The van der Waals surface area contributed by atoms with Gasteiger partial charge in [-0.25, -0.2) is 8.78 Å². The summed E-state index contributed by atoms with van der Waals surface area (Å²) < 4.78 is 28.5. The summed E-state index contributed by atoms with van der Waals surface area (Å²) in [6.45, 7) is 0.762. The molecular weight excluding hydrogens is 428 g/mol. The third-order valence-corrected chi connectivity index (χ3v) is 6.87. The molecule has 0 radical (unpaired) electrons. The standard InChI is InChI=1S/C23H28ClF2NO4/c1-23(25,26)20(14-7-3-2-4-8-14)27-21(29)18-17(22(30)31)16(19(18)28)11-10-13-6-5-9-15(24)12-13/h5-6,9,12,14,16-18,20H,2-4,7-8,10-11H2,1H3,(H,27,29)(H,30,31)/t16-,17-,18?,20+/m1/s1. The van der Waals surface area contributed by atoms with Crippen LogP contribution in [0.15, 0.2) is 24.3 Å². The minimum absolute atomic E-state index is 0.260. The van der Waals surface area contributed by atoms with E-state index in [0.29, 0.717) is 24.3 Å². The number of carboxylic acid groups (broad SMARTS) is 1. The second-order valence-electron chi connectivity index (χ2n) is 8.86. The number of hydrogen-bond donors (Lipinski definition) is 2. The molecule has 0 aromatic heterocycles. The number of carbonyl (C=O) groups is 3. The Bertz CT molecular complexity index is 835. The molecule has 0 bridgehead atoms. The number of Topliss-reactive ketones (excluding diaryl/α,β-unsaturated/α-hetero) is 1. The number of ketones is 1. The molecule has 2 saturated carbocycles. The Morgan fingerprint density at radius 3 is 2.52 bits per heavy atom. The molecule has 0 saturated heterocycles. The van der Waals surface area contributed by atoms with Crippen molar-refractivity contribution in [1.29, 1.82) is 0 Å². The molecule has 0 spiro atoms. The minimum atomic E-state index is -3.16. The Labute approximate surface area is 185 Å². The van der Waals surface area contributed by atoms with Crippen LogP contribution in [-0.2, 0) is 20.8 Å². The van der Waals surface area contributed by atoms with E-state index in [9.17, 15) is 28.3 Å². The van der Waals surface area contributed by atoms with Gasteiger partial charge in [0, 0.05) is 17.9 Å². The van der Waals surface area contributed by atoms with Crippen molar-refractivity contribution in [3.8, 4) is 0 Å². The maximum atomic E-state index is 14.3. The van der Waals surface area contributed by atoms with Gasteiger partial charge in [0.1, 0.15) is 11.7 Å². The van der Waals surface area contributed by atoms with Gasteiger partial charge in [0.05, 0.1) is 12.0 Å². The van der Waals surface area contributed by atoms with Gasteiger partial charge in [0.2, 0.25) is 5.91 Å². The van der Waals surface area contributed by atoms with Crippen LogP contribution in [0.3, 0.4) is 0 Å². The summed E-state index contributed by atoms with van der Waals surface area (Å²) in [6, 6.07) is 5.65. The van der Waals surface area contributed by atoms with Gasteiger partial charge in [-0.15, -0.1) is 0 Å². The fourth-order valence-electron chi connectivity index (χ4n) is 5.01. The fraction of sp³-hybridized carbons (Fsp3) is 0.609. The maximum absolute atomic E-state index is 14.3. The number of hydrogen-bond acceptors (Lipinski definition) is 3. The summed E-state index contributed by atoms with van der Waals surface area (Å²) in [5.74, 6) is -9.62. The highest BCUT2D eigenvalue weighted by atomic mass is 35.5. The van der Waals surface area contributed by atoms with E-state index in [1.807, 2.05) is 6.07 Å². The minimum Gasteiger partial charge on any atom is -0.481 e. The lowest BCUT2D eigenvalue weighted by Gasteiger charge is -2.41. The highest BCUT2D eigenvalue weighted by Gasteiger charge is 2.57. The number of carboxylic acids is 1. The van der Waals surface area contributed by atoms with Crippen molar-refractivity contribution in [1.82, 2.24) is 5.32 Å². The van der Waals surface area contributed by atoms with E-state index in [1.165, 1.54) is 0 Å². The van der Waals surface area contributed by atoms with E-state index in [2.05, 4.69) is 5.32 Å². The zero-order chi connectivity index (χ0) is 22.8. The molecule has 1 aromatic rings. The molecule has 1 aromatic carbocycles. The van der Waals surface area contributed by atoms with Crippen LogP contribution in [0.4, 0.5) is 8.78 Å². The summed E-state index contributed by atoms with van der Waals surface area (Å²) in [7, 11) is 0. The van der Waals surface area contributed by atoms with Crippen LogP contribution in [0.25, 0.3) is 0 Å². The van der Waals surface area contributed by atoms with Gasteiger partial charge < -0.3 is 10.4 Å². The molecule has 31 heavy (non-hydrogen) atoms. The second-order valence-corrected chi connectivity index (χ2v) is 9.30. The molecule has 170 valence electrons. The molecule has 4 atom stereocenters. The van der Waals surface area contributed by atoms with Crippen LogP contribution in [0.1, 0.15) is 51.0 Å². The topological polar surface area (TPSA) is 83.5 Å². The Balaban J connectivity index is 1.68. The first-order chi connectivity index (χ1) is 14.6. The van der Waals surface area contributed by atoms with Crippen LogP contribution < -0.4 is 5.32 Å². The van der Waals surface area contributed by atoms with Crippen LogP contribution in [0.2, 0.25) is 5.02 Å². The number of aliphatic carboxylic acids is 1. The monoisotopic (exact) mass is 455 g/mol. The molecule has 2 fully saturated rings. The molecule has 2 aliphatic carbocycles. The van der Waals surface area contributed by atoms with E-state index in [-0.39, 0.29) is 12.3 Å². The smallest absolute Gasteiger partial charge is 0.308 e. The molecular formula is C23H28ClF2NO4. The van der Waals surface area contributed by atoms with Crippen molar-refractivity contribution in [3.63, 3.8) is 0 Å². The van der Waals surface area contributed by atoms with E-state index in [1.54, 1.807) is 18.2 Å². The Morgan fingerprint density at radius 2 is 1.94 bits per heavy atom. The zero-order valence-electron chi connectivity index (χ0n) is 17.5. The van der Waals surface area contributed by atoms with E-state index < -0.39 is 47.4 Å². The van der Waals surface area contributed by atoms with Gasteiger partial charge in [-0.2, -0.15) is 0 Å². The summed E-state index contributed by atoms with van der Waals surface area (Å²) in [4.78, 5) is 37.2. The lowest BCUT2D eigenvalue weighted by atomic mass is 9.61. The maximum Gasteiger partial charge on any atom is 0.308 e. The molecule has 2 aliphatic rings. The fourth-order valence-corrected chi connectivity index (χ4v) is 5.22. The van der Waals surface area contributed by atoms with Crippen molar-refractivity contribution in [2.24, 2.45) is 23.7 Å².